The van der Waals surface area contributed by atoms with E-state index in [9.17, 15) is 0 Å². The third-order valence-corrected chi connectivity index (χ3v) is 2.22. The van der Waals surface area contributed by atoms with Crippen LogP contribution in [0.3, 0.4) is 0 Å². The summed E-state index contributed by atoms with van der Waals surface area (Å²) < 4.78 is 0. The summed E-state index contributed by atoms with van der Waals surface area (Å²) in [6.07, 6.45) is 5.96. The Hall–Kier alpha value is -0.0400. The van der Waals surface area contributed by atoms with E-state index < -0.39 is 0 Å². The van der Waals surface area contributed by atoms with Gasteiger partial charge in [-0.25, -0.2) is 0 Å². The number of hydrogen-bond acceptors (Lipinski definition) is 1. The molecule has 0 aliphatic carbocycles. The molecule has 11 heavy (non-hydrogen) atoms. The highest BCUT2D eigenvalue weighted by Gasteiger charge is 2.08. The van der Waals surface area contributed by atoms with Gasteiger partial charge in [0.15, 0.2) is 0 Å². The molecule has 0 aromatic rings. The zero-order valence-corrected chi connectivity index (χ0v) is 8.14. The van der Waals surface area contributed by atoms with Gasteiger partial charge in [-0.15, -0.1) is 0 Å². The number of hydrogen-bond donors (Lipinski definition) is 1. The van der Waals surface area contributed by atoms with Gasteiger partial charge in [-0.2, -0.15) is 0 Å². The van der Waals surface area contributed by atoms with E-state index in [0.29, 0.717) is 0 Å². The lowest BCUT2D eigenvalue weighted by atomic mass is 9.94. The summed E-state index contributed by atoms with van der Waals surface area (Å²) in [7, 11) is 0. The van der Waals surface area contributed by atoms with Crippen LogP contribution in [0.15, 0.2) is 0 Å². The van der Waals surface area contributed by atoms with Gasteiger partial charge < -0.3 is 5.11 Å². The standard InChI is InChI=1S/C10H22O/c1-4-6-7-10(5-2)8-9(3)11/h9-11H,4-8H2,1-3H3. The maximum Gasteiger partial charge on any atom is 0.0514 e. The van der Waals surface area contributed by atoms with Gasteiger partial charge in [-0.05, 0) is 19.3 Å². The van der Waals surface area contributed by atoms with E-state index in [2.05, 4.69) is 13.8 Å². The average Bonchev–Trinajstić information content (AvgIpc) is 1.97. The molecule has 1 heteroatoms. The largest absolute Gasteiger partial charge is 0.393 e. The smallest absolute Gasteiger partial charge is 0.0514 e. The highest BCUT2D eigenvalue weighted by atomic mass is 16.3. The van der Waals surface area contributed by atoms with Crippen LogP contribution < -0.4 is 0 Å². The van der Waals surface area contributed by atoms with Crippen LogP contribution in [0.2, 0.25) is 0 Å². The van der Waals surface area contributed by atoms with Crippen LogP contribution in [0.5, 0.6) is 0 Å². The minimum atomic E-state index is -0.114. The van der Waals surface area contributed by atoms with Crippen molar-refractivity contribution in [2.75, 3.05) is 0 Å². The normalized spacial score (nSPS) is 16.4. The molecule has 2 unspecified atom stereocenters. The zero-order chi connectivity index (χ0) is 8.69. The van der Waals surface area contributed by atoms with Crippen LogP contribution in [0.4, 0.5) is 0 Å². The Bertz CT molecular complexity index is 78.9. The molecule has 0 radical (unpaired) electrons. The van der Waals surface area contributed by atoms with Gasteiger partial charge in [0.2, 0.25) is 0 Å². The fourth-order valence-corrected chi connectivity index (χ4v) is 1.46. The maximum atomic E-state index is 9.15. The summed E-state index contributed by atoms with van der Waals surface area (Å²) in [6.45, 7) is 6.31. The van der Waals surface area contributed by atoms with Crippen LogP contribution >= 0.6 is 0 Å². The molecule has 68 valence electrons. The highest BCUT2D eigenvalue weighted by Crippen LogP contribution is 2.17. The lowest BCUT2D eigenvalue weighted by Crippen LogP contribution is -2.09. The maximum absolute atomic E-state index is 9.15. The second-order valence-corrected chi connectivity index (χ2v) is 3.50. The van der Waals surface area contributed by atoms with Crippen molar-refractivity contribution >= 4 is 0 Å². The Morgan fingerprint density at radius 3 is 2.27 bits per heavy atom. The third-order valence-electron chi connectivity index (χ3n) is 2.22. The van der Waals surface area contributed by atoms with Gasteiger partial charge in [-0.3, -0.25) is 0 Å². The van der Waals surface area contributed by atoms with Gasteiger partial charge in [0.25, 0.3) is 0 Å². The molecule has 2 atom stereocenters. The molecule has 0 saturated carbocycles. The Kier molecular flexibility index (Phi) is 6.63. The van der Waals surface area contributed by atoms with E-state index in [1.165, 1.54) is 25.7 Å². The molecule has 0 saturated heterocycles. The van der Waals surface area contributed by atoms with Gasteiger partial charge in [0.1, 0.15) is 0 Å². The van der Waals surface area contributed by atoms with Crippen molar-refractivity contribution in [1.29, 1.82) is 0 Å². The molecule has 0 spiro atoms. The summed E-state index contributed by atoms with van der Waals surface area (Å²) >= 11 is 0. The first-order valence-electron chi connectivity index (χ1n) is 4.88. The molecule has 0 aliphatic rings. The summed E-state index contributed by atoms with van der Waals surface area (Å²) in [6, 6.07) is 0. The summed E-state index contributed by atoms with van der Waals surface area (Å²) in [5.41, 5.74) is 0. The van der Waals surface area contributed by atoms with E-state index in [4.69, 9.17) is 5.11 Å². The van der Waals surface area contributed by atoms with Crippen molar-refractivity contribution in [2.45, 2.75) is 59.0 Å². The minimum absolute atomic E-state index is 0.114. The fourth-order valence-electron chi connectivity index (χ4n) is 1.46. The first-order valence-corrected chi connectivity index (χ1v) is 4.88. The van der Waals surface area contributed by atoms with Crippen molar-refractivity contribution in [3.63, 3.8) is 0 Å². The molecule has 0 aromatic heterocycles. The predicted octanol–water partition coefficient (Wildman–Crippen LogP) is 2.97. The second-order valence-electron chi connectivity index (χ2n) is 3.50. The molecule has 0 fully saturated rings. The first-order chi connectivity index (χ1) is 5.20. The van der Waals surface area contributed by atoms with E-state index in [-0.39, 0.29) is 6.10 Å². The van der Waals surface area contributed by atoms with Crippen LogP contribution in [-0.2, 0) is 0 Å². The molecule has 0 heterocycles. The quantitative estimate of drug-likeness (QED) is 0.630. The van der Waals surface area contributed by atoms with Crippen LogP contribution in [0.1, 0.15) is 52.9 Å². The van der Waals surface area contributed by atoms with Crippen LogP contribution in [0.25, 0.3) is 0 Å². The molecule has 1 nitrogen and oxygen atoms in total. The Morgan fingerprint density at radius 1 is 1.27 bits per heavy atom. The van der Waals surface area contributed by atoms with Crippen molar-refractivity contribution in [2.24, 2.45) is 5.92 Å². The van der Waals surface area contributed by atoms with Crippen LogP contribution in [0, 0.1) is 5.92 Å². The number of aliphatic hydroxyl groups is 1. The van der Waals surface area contributed by atoms with E-state index in [0.717, 1.165) is 12.3 Å². The predicted molar refractivity (Wildman–Crippen MR) is 49.6 cm³/mol. The highest BCUT2D eigenvalue weighted by molar-refractivity contribution is 4.60. The van der Waals surface area contributed by atoms with Gasteiger partial charge in [0, 0.05) is 0 Å². The summed E-state index contributed by atoms with van der Waals surface area (Å²) in [5.74, 6) is 0.745. The fraction of sp³-hybridized carbons (Fsp3) is 1.00. The molecule has 1 N–H and O–H groups in total. The Labute approximate surface area is 70.8 Å². The molecular formula is C10H22O. The van der Waals surface area contributed by atoms with Crippen molar-refractivity contribution in [3.8, 4) is 0 Å². The molecule has 0 amide bonds. The van der Waals surface area contributed by atoms with Crippen molar-refractivity contribution < 1.29 is 5.11 Å². The molecule has 0 bridgehead atoms. The van der Waals surface area contributed by atoms with E-state index >= 15 is 0 Å². The molecule has 0 aliphatic heterocycles. The van der Waals surface area contributed by atoms with E-state index in [1.54, 1.807) is 0 Å². The summed E-state index contributed by atoms with van der Waals surface area (Å²) in [5, 5.41) is 9.15. The third kappa shape index (κ3) is 6.36. The van der Waals surface area contributed by atoms with Crippen molar-refractivity contribution in [3.05, 3.63) is 0 Å². The van der Waals surface area contributed by atoms with Gasteiger partial charge in [0.05, 0.1) is 6.10 Å². The lowest BCUT2D eigenvalue weighted by molar-refractivity contribution is 0.155. The molecule has 0 rings (SSSR count). The minimum Gasteiger partial charge on any atom is -0.393 e. The van der Waals surface area contributed by atoms with Crippen LogP contribution in [-0.4, -0.2) is 11.2 Å². The topological polar surface area (TPSA) is 20.2 Å². The lowest BCUT2D eigenvalue weighted by Gasteiger charge is -2.15. The van der Waals surface area contributed by atoms with Crippen molar-refractivity contribution in [1.82, 2.24) is 0 Å². The SMILES string of the molecule is CCCCC(CC)CC(C)O. The second kappa shape index (κ2) is 6.66. The Balaban J connectivity index is 3.41. The summed E-state index contributed by atoms with van der Waals surface area (Å²) in [4.78, 5) is 0. The number of unbranched alkanes of at least 4 members (excludes halogenated alkanes) is 1. The first kappa shape index (κ1) is 11.0. The Morgan fingerprint density at radius 2 is 1.91 bits per heavy atom. The van der Waals surface area contributed by atoms with Gasteiger partial charge in [-0.1, -0.05) is 39.5 Å². The molecular weight excluding hydrogens is 136 g/mol. The van der Waals surface area contributed by atoms with E-state index in [1.807, 2.05) is 6.92 Å². The average molecular weight is 158 g/mol. The van der Waals surface area contributed by atoms with Gasteiger partial charge >= 0.3 is 0 Å². The monoisotopic (exact) mass is 158 g/mol. The number of aliphatic hydroxyl groups excluding tert-OH is 1. The molecule has 0 aromatic carbocycles. The zero-order valence-electron chi connectivity index (χ0n) is 8.14. The number of rotatable bonds is 6.